The third-order valence-corrected chi connectivity index (χ3v) is 6.73. The van der Waals surface area contributed by atoms with Crippen molar-refractivity contribution < 1.29 is 14.3 Å². The van der Waals surface area contributed by atoms with Crippen LogP contribution in [-0.2, 0) is 16.1 Å². The van der Waals surface area contributed by atoms with Crippen LogP contribution in [0.5, 0.6) is 0 Å². The van der Waals surface area contributed by atoms with Crippen molar-refractivity contribution >= 4 is 34.5 Å². The number of piperazine rings is 1. The van der Waals surface area contributed by atoms with E-state index < -0.39 is 5.97 Å². The molecule has 1 aromatic heterocycles. The molecule has 174 valence electrons. The van der Waals surface area contributed by atoms with Gasteiger partial charge in [-0.2, -0.15) is 0 Å². The minimum Gasteiger partial charge on any atom is -0.465 e. The molecule has 8 nitrogen and oxygen atoms in total. The lowest BCUT2D eigenvalue weighted by atomic mass is 10.1. The number of esters is 1. The van der Waals surface area contributed by atoms with Crippen molar-refractivity contribution in [2.45, 2.75) is 44.6 Å². The molecular weight excluding hydrogens is 428 g/mol. The fourth-order valence-corrected chi connectivity index (χ4v) is 4.81. The van der Waals surface area contributed by atoms with Crippen molar-refractivity contribution in [3.05, 3.63) is 34.1 Å². The van der Waals surface area contributed by atoms with Crippen molar-refractivity contribution in [2.24, 2.45) is 5.92 Å². The summed E-state index contributed by atoms with van der Waals surface area (Å²) in [7, 11) is 1.31. The van der Waals surface area contributed by atoms with E-state index in [1.54, 1.807) is 22.8 Å². The molecule has 1 fully saturated rings. The molecule has 1 saturated heterocycles. The number of hydrogen-bond donors (Lipinski definition) is 0. The molecule has 1 atom stereocenters. The van der Waals surface area contributed by atoms with Gasteiger partial charge in [-0.1, -0.05) is 32.5 Å². The number of methoxy groups -OCH3 is 1. The number of carbonyl (C=O) groups is 2. The van der Waals surface area contributed by atoms with Crippen LogP contribution in [0.15, 0.2) is 28.2 Å². The number of carbonyl (C=O) groups excluding carboxylic acids is 2. The molecule has 2 aromatic rings. The van der Waals surface area contributed by atoms with Crippen LogP contribution in [0.25, 0.3) is 10.9 Å². The van der Waals surface area contributed by atoms with Gasteiger partial charge in [0.15, 0.2) is 5.16 Å². The summed E-state index contributed by atoms with van der Waals surface area (Å²) in [5.74, 6) is -0.197. The highest BCUT2D eigenvalue weighted by atomic mass is 32.2. The van der Waals surface area contributed by atoms with E-state index in [-0.39, 0.29) is 22.6 Å². The van der Waals surface area contributed by atoms with Crippen LogP contribution in [-0.4, -0.2) is 76.3 Å². The Hall–Kier alpha value is -2.39. The predicted octanol–water partition coefficient (Wildman–Crippen LogP) is 2.48. The van der Waals surface area contributed by atoms with E-state index >= 15 is 0 Å². The molecule has 1 aliphatic rings. The molecule has 1 unspecified atom stereocenters. The zero-order chi connectivity index (χ0) is 23.4. The van der Waals surface area contributed by atoms with Gasteiger partial charge in [-0.25, -0.2) is 9.78 Å². The molecule has 0 saturated carbocycles. The van der Waals surface area contributed by atoms with Gasteiger partial charge in [0.2, 0.25) is 5.91 Å². The lowest BCUT2D eigenvalue weighted by Crippen LogP contribution is -2.50. The van der Waals surface area contributed by atoms with E-state index in [1.807, 2.05) is 25.7 Å². The highest BCUT2D eigenvalue weighted by molar-refractivity contribution is 8.00. The smallest absolute Gasteiger partial charge is 0.337 e. The summed E-state index contributed by atoms with van der Waals surface area (Å²) in [5, 5.41) is 0.554. The quantitative estimate of drug-likeness (QED) is 0.357. The van der Waals surface area contributed by atoms with Crippen LogP contribution in [0.1, 0.15) is 38.1 Å². The third kappa shape index (κ3) is 5.32. The number of nitrogens with zero attached hydrogens (tertiary/aromatic N) is 4. The monoisotopic (exact) mass is 460 g/mol. The van der Waals surface area contributed by atoms with E-state index in [0.29, 0.717) is 41.3 Å². The number of benzene rings is 1. The largest absolute Gasteiger partial charge is 0.465 e. The summed E-state index contributed by atoms with van der Waals surface area (Å²) < 4.78 is 6.44. The minimum atomic E-state index is -0.482. The Morgan fingerprint density at radius 1 is 1.16 bits per heavy atom. The van der Waals surface area contributed by atoms with Crippen LogP contribution in [0.4, 0.5) is 0 Å². The van der Waals surface area contributed by atoms with Crippen LogP contribution >= 0.6 is 11.8 Å². The Bertz CT molecular complexity index is 1040. The molecule has 0 spiro atoms. The number of fused-ring (bicyclic) bond motifs is 1. The minimum absolute atomic E-state index is 0.0551. The zero-order valence-electron chi connectivity index (χ0n) is 19.5. The third-order valence-electron chi connectivity index (χ3n) is 5.65. The first-order chi connectivity index (χ1) is 15.2. The van der Waals surface area contributed by atoms with E-state index in [1.165, 1.54) is 18.9 Å². The second kappa shape index (κ2) is 10.5. The van der Waals surface area contributed by atoms with Crippen LogP contribution in [0, 0.1) is 5.92 Å². The number of amides is 1. The first-order valence-electron chi connectivity index (χ1n) is 11.1. The first kappa shape index (κ1) is 24.3. The number of aromatic nitrogens is 2. The number of ether oxygens (including phenoxy) is 1. The second-order valence-corrected chi connectivity index (χ2v) is 9.76. The van der Waals surface area contributed by atoms with Crippen molar-refractivity contribution in [1.29, 1.82) is 0 Å². The lowest BCUT2D eigenvalue weighted by molar-refractivity contribution is -0.132. The molecule has 1 amide bonds. The molecule has 1 aliphatic heterocycles. The normalized spacial score (nSPS) is 15.9. The molecule has 9 heteroatoms. The van der Waals surface area contributed by atoms with Gasteiger partial charge in [0, 0.05) is 32.7 Å². The maximum Gasteiger partial charge on any atom is 0.337 e. The topological polar surface area (TPSA) is 84.7 Å². The van der Waals surface area contributed by atoms with Crippen LogP contribution < -0.4 is 5.56 Å². The SMILES string of the molecule is CCN1CCN(C(=O)C(C)Sc2nc3cc(C(=O)OC)ccc3c(=O)n2CC(C)C)CC1. The lowest BCUT2D eigenvalue weighted by Gasteiger charge is -2.35. The number of hydrogen-bond acceptors (Lipinski definition) is 7. The van der Waals surface area contributed by atoms with E-state index in [0.717, 1.165) is 19.6 Å². The first-order valence-corrected chi connectivity index (χ1v) is 11.9. The van der Waals surface area contributed by atoms with Crippen LogP contribution in [0.3, 0.4) is 0 Å². The van der Waals surface area contributed by atoms with Gasteiger partial charge in [0.1, 0.15) is 0 Å². The van der Waals surface area contributed by atoms with Gasteiger partial charge in [0.05, 0.1) is 28.8 Å². The van der Waals surface area contributed by atoms with Crippen molar-refractivity contribution in [3.63, 3.8) is 0 Å². The molecular formula is C23H32N4O4S. The molecule has 1 aromatic carbocycles. The standard InChI is InChI=1S/C23H32N4O4S/c1-6-25-9-11-26(12-10-25)20(28)16(4)32-23-24-19-13-17(22(30)31-5)7-8-18(19)21(29)27(23)14-15(2)3/h7-8,13,15-16H,6,9-12,14H2,1-5H3. The summed E-state index contributed by atoms with van der Waals surface area (Å²) in [4.78, 5) is 47.2. The fourth-order valence-electron chi connectivity index (χ4n) is 3.81. The Balaban J connectivity index is 1.93. The molecule has 0 N–H and O–H groups in total. The highest BCUT2D eigenvalue weighted by Crippen LogP contribution is 2.25. The summed E-state index contributed by atoms with van der Waals surface area (Å²) >= 11 is 1.30. The van der Waals surface area contributed by atoms with Crippen LogP contribution in [0.2, 0.25) is 0 Å². The van der Waals surface area contributed by atoms with Gasteiger partial charge in [0.25, 0.3) is 5.56 Å². The predicted molar refractivity (Wildman–Crippen MR) is 126 cm³/mol. The van der Waals surface area contributed by atoms with Crippen molar-refractivity contribution in [3.8, 4) is 0 Å². The highest BCUT2D eigenvalue weighted by Gasteiger charge is 2.27. The average molecular weight is 461 g/mol. The van der Waals surface area contributed by atoms with E-state index in [2.05, 4.69) is 11.8 Å². The van der Waals surface area contributed by atoms with Gasteiger partial charge < -0.3 is 14.5 Å². The Kier molecular flexibility index (Phi) is 7.95. The Morgan fingerprint density at radius 3 is 2.44 bits per heavy atom. The number of rotatable bonds is 7. The molecule has 2 heterocycles. The molecule has 0 bridgehead atoms. The maximum atomic E-state index is 13.3. The van der Waals surface area contributed by atoms with Crippen molar-refractivity contribution in [2.75, 3.05) is 39.8 Å². The maximum absolute atomic E-state index is 13.3. The van der Waals surface area contributed by atoms with E-state index in [4.69, 9.17) is 9.72 Å². The average Bonchev–Trinajstić information content (AvgIpc) is 2.80. The zero-order valence-corrected chi connectivity index (χ0v) is 20.3. The Labute approximate surface area is 192 Å². The summed E-state index contributed by atoms with van der Waals surface area (Å²) in [6, 6.07) is 4.76. The van der Waals surface area contributed by atoms with Crippen molar-refractivity contribution in [1.82, 2.24) is 19.4 Å². The Morgan fingerprint density at radius 2 is 1.84 bits per heavy atom. The molecule has 0 aliphatic carbocycles. The summed E-state index contributed by atoms with van der Waals surface area (Å²) in [6.45, 7) is 12.7. The molecule has 0 radical (unpaired) electrons. The molecule has 3 rings (SSSR count). The molecule has 32 heavy (non-hydrogen) atoms. The number of thioether (sulfide) groups is 1. The van der Waals surface area contributed by atoms with Gasteiger partial charge in [-0.05, 0) is 37.6 Å². The second-order valence-electron chi connectivity index (χ2n) is 8.45. The fraction of sp³-hybridized carbons (Fsp3) is 0.565. The van der Waals surface area contributed by atoms with Gasteiger partial charge in [-0.3, -0.25) is 14.2 Å². The number of likely N-dealkylation sites (N-methyl/N-ethyl adjacent to an activating group) is 1. The summed E-state index contributed by atoms with van der Waals surface area (Å²) in [6.07, 6.45) is 0. The van der Waals surface area contributed by atoms with Gasteiger partial charge in [-0.15, -0.1) is 0 Å². The summed E-state index contributed by atoms with van der Waals surface area (Å²) in [5.41, 5.74) is 0.595. The van der Waals surface area contributed by atoms with E-state index in [9.17, 15) is 14.4 Å². The van der Waals surface area contributed by atoms with Gasteiger partial charge >= 0.3 is 5.97 Å².